The molecule has 1 aliphatic rings. The van der Waals surface area contributed by atoms with Gasteiger partial charge in [0.15, 0.2) is 0 Å². The number of hydrogen-bond acceptors (Lipinski definition) is 4. The molecule has 0 saturated heterocycles. The number of carbonyl (C=O) groups excluding carboxylic acids is 1. The van der Waals surface area contributed by atoms with E-state index in [1.165, 1.54) is 0 Å². The molecule has 114 valence electrons. The number of amides is 1. The van der Waals surface area contributed by atoms with Crippen LogP contribution in [0, 0.1) is 0 Å². The Hall–Kier alpha value is -2.08. The zero-order valence-electron chi connectivity index (χ0n) is 11.7. The highest BCUT2D eigenvalue weighted by atomic mass is 16.6. The van der Waals surface area contributed by atoms with Crippen LogP contribution in [0.3, 0.4) is 0 Å². The van der Waals surface area contributed by atoms with Gasteiger partial charge in [-0.05, 0) is 24.8 Å². The van der Waals surface area contributed by atoms with Crippen LogP contribution < -0.4 is 5.32 Å². The Balaban J connectivity index is 1.77. The zero-order valence-corrected chi connectivity index (χ0v) is 11.7. The highest BCUT2D eigenvalue weighted by Gasteiger charge is 2.25. The summed E-state index contributed by atoms with van der Waals surface area (Å²) >= 11 is 0. The van der Waals surface area contributed by atoms with Crippen LogP contribution in [0.5, 0.6) is 0 Å². The quantitative estimate of drug-likeness (QED) is 0.753. The molecule has 1 unspecified atom stereocenters. The minimum absolute atomic E-state index is 0.0313. The van der Waals surface area contributed by atoms with Crippen molar-refractivity contribution in [2.45, 2.75) is 44.6 Å². The van der Waals surface area contributed by atoms with Crippen LogP contribution in [0.25, 0.3) is 0 Å². The summed E-state index contributed by atoms with van der Waals surface area (Å²) < 4.78 is 10.6. The molecule has 1 aromatic carbocycles. The Labute approximate surface area is 123 Å². The van der Waals surface area contributed by atoms with E-state index in [0.717, 1.165) is 24.8 Å². The van der Waals surface area contributed by atoms with Gasteiger partial charge in [-0.3, -0.25) is 10.1 Å². The minimum atomic E-state index is -1.03. The second-order valence-electron chi connectivity index (χ2n) is 4.98. The van der Waals surface area contributed by atoms with Gasteiger partial charge in [0.05, 0.1) is 12.5 Å². The lowest BCUT2D eigenvalue weighted by Gasteiger charge is -2.30. The van der Waals surface area contributed by atoms with Gasteiger partial charge in [0.2, 0.25) is 0 Å². The molecule has 1 atom stereocenters. The van der Waals surface area contributed by atoms with E-state index >= 15 is 0 Å². The molecule has 0 bridgehead atoms. The molecule has 21 heavy (non-hydrogen) atoms. The molecule has 0 radical (unpaired) electrons. The van der Waals surface area contributed by atoms with Crippen LogP contribution in [0.4, 0.5) is 4.79 Å². The monoisotopic (exact) mass is 293 g/mol. The van der Waals surface area contributed by atoms with Crippen molar-refractivity contribution in [3.8, 4) is 0 Å². The van der Waals surface area contributed by atoms with E-state index < -0.39 is 18.3 Å². The predicted octanol–water partition coefficient (Wildman–Crippen LogP) is 2.28. The van der Waals surface area contributed by atoms with Gasteiger partial charge in [-0.25, -0.2) is 4.79 Å². The molecule has 0 aliphatic heterocycles. The number of carbonyl (C=O) groups is 2. The third-order valence-corrected chi connectivity index (χ3v) is 3.26. The number of rotatable bonds is 7. The van der Waals surface area contributed by atoms with E-state index in [4.69, 9.17) is 14.6 Å². The first kappa shape index (κ1) is 15.3. The van der Waals surface area contributed by atoms with Crippen molar-refractivity contribution in [1.29, 1.82) is 0 Å². The van der Waals surface area contributed by atoms with Gasteiger partial charge in [-0.1, -0.05) is 30.3 Å². The zero-order chi connectivity index (χ0) is 15.1. The Morgan fingerprint density at radius 2 is 2.00 bits per heavy atom. The van der Waals surface area contributed by atoms with E-state index in [9.17, 15) is 9.59 Å². The second-order valence-corrected chi connectivity index (χ2v) is 4.98. The van der Waals surface area contributed by atoms with Crippen LogP contribution in [0.15, 0.2) is 30.3 Å². The molecular weight excluding hydrogens is 274 g/mol. The summed E-state index contributed by atoms with van der Waals surface area (Å²) in [7, 11) is 0. The number of hydrogen-bond donors (Lipinski definition) is 2. The summed E-state index contributed by atoms with van der Waals surface area (Å²) in [5.41, 5.74) is 0.863. The Bertz CT molecular complexity index is 472. The normalized spacial score (nSPS) is 15.8. The summed E-state index contributed by atoms with van der Waals surface area (Å²) in [6.45, 7) is 0.135. The van der Waals surface area contributed by atoms with Crippen molar-refractivity contribution in [3.05, 3.63) is 35.9 Å². The molecule has 2 rings (SSSR count). The molecule has 1 amide bonds. The topological polar surface area (TPSA) is 84.9 Å². The molecule has 0 aromatic heterocycles. The molecule has 1 aromatic rings. The van der Waals surface area contributed by atoms with Gasteiger partial charge in [0.1, 0.15) is 12.8 Å². The van der Waals surface area contributed by atoms with Crippen molar-refractivity contribution in [2.24, 2.45) is 0 Å². The number of carboxylic acids is 1. The summed E-state index contributed by atoms with van der Waals surface area (Å²) in [4.78, 5) is 22.5. The van der Waals surface area contributed by atoms with Gasteiger partial charge in [-0.15, -0.1) is 0 Å². The van der Waals surface area contributed by atoms with Crippen molar-refractivity contribution in [1.82, 2.24) is 5.32 Å². The van der Waals surface area contributed by atoms with Crippen LogP contribution in [-0.4, -0.2) is 29.5 Å². The molecule has 1 aliphatic carbocycles. The Morgan fingerprint density at radius 1 is 1.29 bits per heavy atom. The van der Waals surface area contributed by atoms with Gasteiger partial charge >= 0.3 is 12.1 Å². The highest BCUT2D eigenvalue weighted by Crippen LogP contribution is 2.23. The molecule has 0 spiro atoms. The van der Waals surface area contributed by atoms with E-state index in [0.29, 0.717) is 0 Å². The fraction of sp³-hybridized carbons (Fsp3) is 0.467. The van der Waals surface area contributed by atoms with Gasteiger partial charge in [-0.2, -0.15) is 0 Å². The molecule has 6 heteroatoms. The lowest BCUT2D eigenvalue weighted by molar-refractivity contribution is -0.143. The fourth-order valence-corrected chi connectivity index (χ4v) is 1.93. The number of ether oxygens (including phenoxy) is 2. The van der Waals surface area contributed by atoms with Crippen molar-refractivity contribution in [2.75, 3.05) is 0 Å². The lowest BCUT2D eigenvalue weighted by atomic mass is 9.96. The maximum absolute atomic E-state index is 11.7. The first-order valence-electron chi connectivity index (χ1n) is 6.98. The number of carboxylic acid groups (broad SMARTS) is 1. The largest absolute Gasteiger partial charge is 0.481 e. The van der Waals surface area contributed by atoms with Crippen LogP contribution in [0.1, 0.15) is 31.2 Å². The molecule has 6 nitrogen and oxygen atoms in total. The molecule has 2 N–H and O–H groups in total. The summed E-state index contributed by atoms with van der Waals surface area (Å²) in [6.07, 6.45) is 1.09. The maximum Gasteiger partial charge on any atom is 0.409 e. The number of benzene rings is 1. The SMILES string of the molecule is O=C(O)CC(NC(=O)OCc1ccccc1)OC1CCC1. The summed E-state index contributed by atoms with van der Waals surface area (Å²) in [5, 5.41) is 11.3. The maximum atomic E-state index is 11.7. The molecular formula is C15H19NO5. The average Bonchev–Trinajstić information content (AvgIpc) is 2.41. The standard InChI is InChI=1S/C15H19NO5/c17-14(18)9-13(21-12-7-4-8-12)16-15(19)20-10-11-5-2-1-3-6-11/h1-3,5-6,12-13H,4,7-10H2,(H,16,19)(H,17,18). The highest BCUT2D eigenvalue weighted by molar-refractivity contribution is 5.70. The summed E-state index contributed by atoms with van der Waals surface area (Å²) in [6, 6.07) is 9.26. The fourth-order valence-electron chi connectivity index (χ4n) is 1.93. The summed E-state index contributed by atoms with van der Waals surface area (Å²) in [5.74, 6) is -1.03. The Morgan fingerprint density at radius 3 is 2.57 bits per heavy atom. The average molecular weight is 293 g/mol. The van der Waals surface area contributed by atoms with Gasteiger partial charge < -0.3 is 14.6 Å². The van der Waals surface area contributed by atoms with E-state index in [1.54, 1.807) is 0 Å². The number of aliphatic carboxylic acids is 1. The van der Waals surface area contributed by atoms with Crippen LogP contribution >= 0.6 is 0 Å². The number of nitrogens with one attached hydrogen (secondary N) is 1. The van der Waals surface area contributed by atoms with Gasteiger partial charge in [0, 0.05) is 0 Å². The van der Waals surface area contributed by atoms with Crippen molar-refractivity contribution in [3.63, 3.8) is 0 Å². The van der Waals surface area contributed by atoms with Crippen molar-refractivity contribution >= 4 is 12.1 Å². The minimum Gasteiger partial charge on any atom is -0.481 e. The van der Waals surface area contributed by atoms with Crippen molar-refractivity contribution < 1.29 is 24.2 Å². The van der Waals surface area contributed by atoms with Gasteiger partial charge in [0.25, 0.3) is 0 Å². The molecule has 1 saturated carbocycles. The third kappa shape index (κ3) is 5.43. The predicted molar refractivity (Wildman–Crippen MR) is 74.5 cm³/mol. The van der Waals surface area contributed by atoms with E-state index in [2.05, 4.69) is 5.32 Å². The number of alkyl carbamates (subject to hydrolysis) is 1. The first-order chi connectivity index (χ1) is 10.1. The van der Waals surface area contributed by atoms with Crippen LogP contribution in [0.2, 0.25) is 0 Å². The molecule has 0 heterocycles. The lowest BCUT2D eigenvalue weighted by Crippen LogP contribution is -2.42. The van der Waals surface area contributed by atoms with E-state index in [1.807, 2.05) is 30.3 Å². The Kier molecular flexibility index (Phi) is 5.57. The second kappa shape index (κ2) is 7.64. The van der Waals surface area contributed by atoms with E-state index in [-0.39, 0.29) is 19.1 Å². The smallest absolute Gasteiger partial charge is 0.409 e. The molecule has 1 fully saturated rings. The van der Waals surface area contributed by atoms with Crippen LogP contribution in [-0.2, 0) is 20.9 Å². The first-order valence-corrected chi connectivity index (χ1v) is 6.98. The third-order valence-electron chi connectivity index (χ3n) is 3.26.